The zero-order valence-corrected chi connectivity index (χ0v) is 8.57. The maximum Gasteiger partial charge on any atom is 0.0786 e. The summed E-state index contributed by atoms with van der Waals surface area (Å²) >= 11 is 0. The van der Waals surface area contributed by atoms with Crippen LogP contribution >= 0.6 is 0 Å². The van der Waals surface area contributed by atoms with Crippen molar-refractivity contribution < 1.29 is 4.74 Å². The molecule has 0 saturated carbocycles. The molecule has 2 rings (SSSR count). The Hall–Kier alpha value is -1.08. The van der Waals surface area contributed by atoms with Gasteiger partial charge in [0.25, 0.3) is 0 Å². The van der Waals surface area contributed by atoms with E-state index >= 15 is 0 Å². The highest BCUT2D eigenvalue weighted by Gasteiger charge is 2.16. The van der Waals surface area contributed by atoms with Gasteiger partial charge in [0.2, 0.25) is 0 Å². The van der Waals surface area contributed by atoms with Crippen molar-refractivity contribution in [1.82, 2.24) is 0 Å². The second-order valence-corrected chi connectivity index (χ2v) is 3.80. The summed E-state index contributed by atoms with van der Waals surface area (Å²) in [5.74, 6) is 0. The first-order valence-corrected chi connectivity index (χ1v) is 5.21. The molecule has 1 aromatic carbocycles. The van der Waals surface area contributed by atoms with Crippen LogP contribution in [0.4, 0.5) is 0 Å². The quantitative estimate of drug-likeness (QED) is 0.692. The Morgan fingerprint density at radius 2 is 2.14 bits per heavy atom. The van der Waals surface area contributed by atoms with Crippen molar-refractivity contribution in [3.63, 3.8) is 0 Å². The Kier molecular flexibility index (Phi) is 3.00. The highest BCUT2D eigenvalue weighted by atomic mass is 16.5. The Labute approximate surface area is 85.4 Å². The lowest BCUT2D eigenvalue weighted by Crippen LogP contribution is -2.05. The zero-order valence-electron chi connectivity index (χ0n) is 8.57. The molecule has 1 unspecified atom stereocenters. The molecule has 0 N–H and O–H groups in total. The molecule has 1 aliphatic heterocycles. The van der Waals surface area contributed by atoms with E-state index in [1.165, 1.54) is 24.0 Å². The van der Waals surface area contributed by atoms with Crippen LogP contribution in [0.2, 0.25) is 0 Å². The third kappa shape index (κ3) is 2.24. The van der Waals surface area contributed by atoms with Crippen LogP contribution in [0.1, 0.15) is 25.3 Å². The van der Waals surface area contributed by atoms with E-state index in [2.05, 4.69) is 37.3 Å². The van der Waals surface area contributed by atoms with Crippen molar-refractivity contribution >= 4 is 6.08 Å². The van der Waals surface area contributed by atoms with Gasteiger partial charge in [-0.05, 0) is 30.9 Å². The van der Waals surface area contributed by atoms with E-state index in [0.29, 0.717) is 6.10 Å². The van der Waals surface area contributed by atoms with Crippen molar-refractivity contribution in [2.45, 2.75) is 25.9 Å². The molecule has 1 nitrogen and oxygen atoms in total. The molecule has 1 aliphatic rings. The van der Waals surface area contributed by atoms with E-state index in [4.69, 9.17) is 4.74 Å². The minimum Gasteiger partial charge on any atom is -0.374 e. The summed E-state index contributed by atoms with van der Waals surface area (Å²) < 4.78 is 5.62. The molecular formula is C13H16O. The lowest BCUT2D eigenvalue weighted by atomic mass is 10.1. The number of hydrogen-bond donors (Lipinski definition) is 0. The third-order valence-corrected chi connectivity index (χ3v) is 2.63. The van der Waals surface area contributed by atoms with Gasteiger partial charge >= 0.3 is 0 Å². The molecule has 14 heavy (non-hydrogen) atoms. The highest BCUT2D eigenvalue weighted by molar-refractivity contribution is 5.53. The minimum atomic E-state index is 0.357. The van der Waals surface area contributed by atoms with Gasteiger partial charge in [0.1, 0.15) is 0 Å². The Bertz CT molecular complexity index is 307. The summed E-state index contributed by atoms with van der Waals surface area (Å²) in [4.78, 5) is 0. The zero-order chi connectivity index (χ0) is 9.80. The fraction of sp³-hybridized carbons (Fsp3) is 0.385. The number of benzene rings is 1. The van der Waals surface area contributed by atoms with Crippen LogP contribution in [0.25, 0.3) is 6.08 Å². The maximum atomic E-state index is 5.62. The molecule has 0 aliphatic carbocycles. The standard InChI is InChI=1S/C13H16O/c1-11(13-8-5-9-14-13)10-12-6-3-2-4-7-12/h2-4,6-7,10,13H,5,8-9H2,1H3/b11-10-. The van der Waals surface area contributed by atoms with E-state index in [1.54, 1.807) is 0 Å². The predicted octanol–water partition coefficient (Wildman–Crippen LogP) is 3.27. The molecule has 1 heterocycles. The van der Waals surface area contributed by atoms with E-state index in [1.807, 2.05) is 6.07 Å². The molecule has 0 spiro atoms. The smallest absolute Gasteiger partial charge is 0.0786 e. The van der Waals surface area contributed by atoms with Gasteiger partial charge in [-0.25, -0.2) is 0 Å². The molecule has 1 fully saturated rings. The van der Waals surface area contributed by atoms with Crippen molar-refractivity contribution in [1.29, 1.82) is 0 Å². The second-order valence-electron chi connectivity index (χ2n) is 3.80. The fourth-order valence-electron chi connectivity index (χ4n) is 1.84. The van der Waals surface area contributed by atoms with Crippen LogP contribution in [0, 0.1) is 0 Å². The normalized spacial score (nSPS) is 22.6. The molecule has 0 aromatic heterocycles. The van der Waals surface area contributed by atoms with Crippen molar-refractivity contribution in [2.75, 3.05) is 6.61 Å². The summed E-state index contributed by atoms with van der Waals surface area (Å²) in [5.41, 5.74) is 2.61. The molecule has 1 saturated heterocycles. The monoisotopic (exact) mass is 188 g/mol. The van der Waals surface area contributed by atoms with Gasteiger partial charge in [-0.1, -0.05) is 36.4 Å². The van der Waals surface area contributed by atoms with Crippen LogP contribution in [0.5, 0.6) is 0 Å². The van der Waals surface area contributed by atoms with Crippen LogP contribution in [-0.2, 0) is 4.74 Å². The summed E-state index contributed by atoms with van der Waals surface area (Å²) in [5, 5.41) is 0. The average Bonchev–Trinajstić information content (AvgIpc) is 2.72. The van der Waals surface area contributed by atoms with Gasteiger partial charge in [-0.15, -0.1) is 0 Å². The Morgan fingerprint density at radius 1 is 1.36 bits per heavy atom. The van der Waals surface area contributed by atoms with Gasteiger partial charge in [0.15, 0.2) is 0 Å². The summed E-state index contributed by atoms with van der Waals surface area (Å²) in [7, 11) is 0. The number of rotatable bonds is 2. The lowest BCUT2D eigenvalue weighted by Gasteiger charge is -2.09. The number of ether oxygens (including phenoxy) is 1. The molecule has 74 valence electrons. The molecule has 0 amide bonds. The van der Waals surface area contributed by atoms with Crippen LogP contribution in [0.15, 0.2) is 35.9 Å². The predicted molar refractivity (Wildman–Crippen MR) is 59.1 cm³/mol. The van der Waals surface area contributed by atoms with Crippen molar-refractivity contribution in [3.8, 4) is 0 Å². The van der Waals surface area contributed by atoms with Gasteiger partial charge in [0.05, 0.1) is 6.10 Å². The minimum absolute atomic E-state index is 0.357. The lowest BCUT2D eigenvalue weighted by molar-refractivity contribution is 0.138. The summed E-state index contributed by atoms with van der Waals surface area (Å²) in [6.07, 6.45) is 4.95. The van der Waals surface area contributed by atoms with E-state index < -0.39 is 0 Å². The fourth-order valence-corrected chi connectivity index (χ4v) is 1.84. The highest BCUT2D eigenvalue weighted by Crippen LogP contribution is 2.21. The molecular weight excluding hydrogens is 172 g/mol. The first-order chi connectivity index (χ1) is 6.86. The Morgan fingerprint density at radius 3 is 2.79 bits per heavy atom. The first kappa shape index (κ1) is 9.47. The summed E-state index contributed by atoms with van der Waals surface area (Å²) in [6, 6.07) is 10.4. The molecule has 1 aromatic rings. The topological polar surface area (TPSA) is 9.23 Å². The second kappa shape index (κ2) is 4.43. The van der Waals surface area contributed by atoms with E-state index in [-0.39, 0.29) is 0 Å². The molecule has 0 bridgehead atoms. The van der Waals surface area contributed by atoms with Crippen LogP contribution in [-0.4, -0.2) is 12.7 Å². The van der Waals surface area contributed by atoms with Crippen molar-refractivity contribution in [2.24, 2.45) is 0 Å². The van der Waals surface area contributed by atoms with E-state index in [0.717, 1.165) is 6.61 Å². The molecule has 1 heteroatoms. The number of hydrogen-bond acceptors (Lipinski definition) is 1. The Balaban J connectivity index is 2.10. The van der Waals surface area contributed by atoms with Crippen LogP contribution < -0.4 is 0 Å². The molecule has 1 atom stereocenters. The van der Waals surface area contributed by atoms with Gasteiger partial charge in [-0.3, -0.25) is 0 Å². The van der Waals surface area contributed by atoms with Gasteiger partial charge in [0, 0.05) is 6.61 Å². The van der Waals surface area contributed by atoms with Gasteiger partial charge < -0.3 is 4.74 Å². The largest absolute Gasteiger partial charge is 0.374 e. The maximum absolute atomic E-state index is 5.62. The van der Waals surface area contributed by atoms with E-state index in [9.17, 15) is 0 Å². The average molecular weight is 188 g/mol. The van der Waals surface area contributed by atoms with Crippen LogP contribution in [0.3, 0.4) is 0 Å². The molecule has 0 radical (unpaired) electrons. The summed E-state index contributed by atoms with van der Waals surface area (Å²) in [6.45, 7) is 3.08. The first-order valence-electron chi connectivity index (χ1n) is 5.21. The third-order valence-electron chi connectivity index (χ3n) is 2.63. The van der Waals surface area contributed by atoms with Crippen molar-refractivity contribution in [3.05, 3.63) is 41.5 Å². The SMILES string of the molecule is C/C(=C/c1ccccc1)C1CCCO1. The van der Waals surface area contributed by atoms with Gasteiger partial charge in [-0.2, -0.15) is 0 Å².